The summed E-state index contributed by atoms with van der Waals surface area (Å²) in [4.78, 5) is 11.7. The summed E-state index contributed by atoms with van der Waals surface area (Å²) in [5, 5.41) is 3.09. The Morgan fingerprint density at radius 2 is 2.00 bits per heavy atom. The molecule has 1 rings (SSSR count). The second-order valence-electron chi connectivity index (χ2n) is 3.75. The molecule has 0 saturated heterocycles. The third-order valence-electron chi connectivity index (χ3n) is 2.52. The number of ketones is 1. The smallest absolute Gasteiger partial charge is 0.150 e. The van der Waals surface area contributed by atoms with Gasteiger partial charge in [0.25, 0.3) is 0 Å². The van der Waals surface area contributed by atoms with E-state index in [0.29, 0.717) is 12.2 Å². The van der Waals surface area contributed by atoms with E-state index in [1.807, 2.05) is 32.2 Å². The molecule has 0 aliphatic carbocycles. The molecule has 0 amide bonds. The van der Waals surface area contributed by atoms with E-state index in [2.05, 4.69) is 17.4 Å². The van der Waals surface area contributed by atoms with E-state index in [9.17, 15) is 4.79 Å². The number of nitrogens with one attached hydrogen (secondary N) is 1. The van der Waals surface area contributed by atoms with Gasteiger partial charge in [-0.3, -0.25) is 4.79 Å². The van der Waals surface area contributed by atoms with Crippen LogP contribution in [0.5, 0.6) is 0 Å². The first-order chi connectivity index (χ1) is 7.27. The molecule has 1 aromatic rings. The molecule has 0 radical (unpaired) electrons. The summed E-state index contributed by atoms with van der Waals surface area (Å²) in [7, 11) is 1.85. The second-order valence-corrected chi connectivity index (χ2v) is 3.75. The van der Waals surface area contributed by atoms with Crippen molar-refractivity contribution >= 4 is 5.78 Å². The normalized spacial score (nSPS) is 12.4. The van der Waals surface area contributed by atoms with Crippen molar-refractivity contribution in [3.63, 3.8) is 0 Å². The van der Waals surface area contributed by atoms with E-state index in [4.69, 9.17) is 0 Å². The Hall–Kier alpha value is -1.15. The lowest BCUT2D eigenvalue weighted by Crippen LogP contribution is -2.35. The van der Waals surface area contributed by atoms with Gasteiger partial charge >= 0.3 is 0 Å². The minimum absolute atomic E-state index is 0.0349. The Labute approximate surface area is 91.7 Å². The molecule has 0 fully saturated rings. The van der Waals surface area contributed by atoms with Gasteiger partial charge in [-0.05, 0) is 25.5 Å². The zero-order valence-electron chi connectivity index (χ0n) is 9.49. The van der Waals surface area contributed by atoms with Crippen LogP contribution in [0, 0.1) is 0 Å². The summed E-state index contributed by atoms with van der Waals surface area (Å²) in [5.74, 6) is 0.309. The van der Waals surface area contributed by atoms with Gasteiger partial charge in [0.15, 0.2) is 0 Å². The van der Waals surface area contributed by atoms with Crippen molar-refractivity contribution in [3.05, 3.63) is 35.9 Å². The van der Waals surface area contributed by atoms with Crippen LogP contribution in [0.15, 0.2) is 30.3 Å². The number of benzene rings is 1. The highest BCUT2D eigenvalue weighted by Crippen LogP contribution is 2.05. The lowest BCUT2D eigenvalue weighted by molar-refractivity contribution is -0.120. The van der Waals surface area contributed by atoms with E-state index in [-0.39, 0.29) is 6.04 Å². The number of hydrogen-bond acceptors (Lipinski definition) is 2. The van der Waals surface area contributed by atoms with E-state index in [0.717, 1.165) is 12.8 Å². The van der Waals surface area contributed by atoms with Crippen molar-refractivity contribution in [2.24, 2.45) is 0 Å². The molecule has 82 valence electrons. The maximum absolute atomic E-state index is 11.7. The molecule has 15 heavy (non-hydrogen) atoms. The molecular weight excluding hydrogens is 186 g/mol. The lowest BCUT2D eigenvalue weighted by atomic mass is 10.0. The summed E-state index contributed by atoms with van der Waals surface area (Å²) < 4.78 is 0. The third-order valence-corrected chi connectivity index (χ3v) is 2.52. The molecule has 0 aliphatic heterocycles. The first-order valence-corrected chi connectivity index (χ1v) is 5.51. The van der Waals surface area contributed by atoms with Crippen molar-refractivity contribution < 1.29 is 4.79 Å². The zero-order chi connectivity index (χ0) is 11.1. The minimum atomic E-state index is -0.0349. The highest BCUT2D eigenvalue weighted by atomic mass is 16.1. The second kappa shape index (κ2) is 6.36. The molecule has 1 atom stereocenters. The van der Waals surface area contributed by atoms with Gasteiger partial charge in [0.2, 0.25) is 0 Å². The van der Waals surface area contributed by atoms with Crippen molar-refractivity contribution in [1.29, 1.82) is 0 Å². The van der Waals surface area contributed by atoms with Crippen LogP contribution in [0.1, 0.15) is 25.3 Å². The van der Waals surface area contributed by atoms with Crippen LogP contribution in [0.4, 0.5) is 0 Å². The molecule has 0 heterocycles. The van der Waals surface area contributed by atoms with Crippen LogP contribution in [0.25, 0.3) is 0 Å². The fraction of sp³-hybridized carbons (Fsp3) is 0.462. The molecule has 1 N–H and O–H groups in total. The summed E-state index contributed by atoms with van der Waals surface area (Å²) >= 11 is 0. The lowest BCUT2D eigenvalue weighted by Gasteiger charge is -2.14. The Balaban J connectivity index is 2.58. The number of likely N-dealkylation sites (N-methyl/N-ethyl adjacent to an activating group) is 1. The average molecular weight is 205 g/mol. The largest absolute Gasteiger partial charge is 0.310 e. The topological polar surface area (TPSA) is 29.1 Å². The van der Waals surface area contributed by atoms with Gasteiger partial charge in [-0.2, -0.15) is 0 Å². The summed E-state index contributed by atoms with van der Waals surface area (Å²) in [6.45, 7) is 2.03. The molecule has 0 unspecified atom stereocenters. The van der Waals surface area contributed by atoms with Gasteiger partial charge in [-0.15, -0.1) is 0 Å². The number of carbonyl (C=O) groups excluding carboxylic acids is 1. The molecule has 1 aromatic carbocycles. The maximum atomic E-state index is 11.7. The highest BCUT2D eigenvalue weighted by molar-refractivity contribution is 5.84. The number of hydrogen-bond donors (Lipinski definition) is 1. The molecular formula is C13H19NO. The van der Waals surface area contributed by atoms with Crippen LogP contribution in [0.3, 0.4) is 0 Å². The molecule has 0 aromatic heterocycles. The van der Waals surface area contributed by atoms with Gasteiger partial charge in [0.05, 0.1) is 6.04 Å². The van der Waals surface area contributed by atoms with Gasteiger partial charge < -0.3 is 5.32 Å². The van der Waals surface area contributed by atoms with Crippen LogP contribution >= 0.6 is 0 Å². The summed E-state index contributed by atoms with van der Waals surface area (Å²) in [6, 6.07) is 10.1. The monoisotopic (exact) mass is 205 g/mol. The fourth-order valence-electron chi connectivity index (χ4n) is 1.65. The Morgan fingerprint density at radius 3 is 2.53 bits per heavy atom. The molecule has 0 saturated carbocycles. The predicted molar refractivity (Wildman–Crippen MR) is 62.9 cm³/mol. The van der Waals surface area contributed by atoms with Gasteiger partial charge in [-0.1, -0.05) is 37.3 Å². The van der Waals surface area contributed by atoms with Crippen molar-refractivity contribution in [1.82, 2.24) is 5.32 Å². The SMILES string of the molecule is CCCC(=O)[C@H](Cc1ccccc1)NC. The predicted octanol–water partition coefficient (Wildman–Crippen LogP) is 2.19. The first kappa shape index (κ1) is 11.9. The Kier molecular flexibility index (Phi) is 5.05. The van der Waals surface area contributed by atoms with Crippen LogP contribution < -0.4 is 5.32 Å². The molecule has 0 bridgehead atoms. The average Bonchev–Trinajstić information content (AvgIpc) is 2.27. The van der Waals surface area contributed by atoms with Gasteiger partial charge in [0.1, 0.15) is 5.78 Å². The third kappa shape index (κ3) is 3.84. The minimum Gasteiger partial charge on any atom is -0.310 e. The van der Waals surface area contributed by atoms with Gasteiger partial charge in [0, 0.05) is 6.42 Å². The van der Waals surface area contributed by atoms with E-state index in [1.54, 1.807) is 0 Å². The Bertz CT molecular complexity index is 295. The maximum Gasteiger partial charge on any atom is 0.150 e. The summed E-state index contributed by atoms with van der Waals surface area (Å²) in [6.07, 6.45) is 2.38. The van der Waals surface area contributed by atoms with Gasteiger partial charge in [-0.25, -0.2) is 0 Å². The van der Waals surface area contributed by atoms with Crippen molar-refractivity contribution in [3.8, 4) is 0 Å². The quantitative estimate of drug-likeness (QED) is 0.771. The molecule has 0 aliphatic rings. The Morgan fingerprint density at radius 1 is 1.33 bits per heavy atom. The van der Waals surface area contributed by atoms with Crippen LogP contribution in [-0.2, 0) is 11.2 Å². The number of carbonyl (C=O) groups is 1. The zero-order valence-corrected chi connectivity index (χ0v) is 9.49. The standard InChI is InChI=1S/C13H19NO/c1-3-7-13(15)12(14-2)10-11-8-5-4-6-9-11/h4-6,8-9,12,14H,3,7,10H2,1-2H3/t12-/m0/s1. The number of rotatable bonds is 6. The molecule has 0 spiro atoms. The van der Waals surface area contributed by atoms with E-state index >= 15 is 0 Å². The molecule has 2 heteroatoms. The van der Waals surface area contributed by atoms with E-state index in [1.165, 1.54) is 5.56 Å². The van der Waals surface area contributed by atoms with Crippen LogP contribution in [0.2, 0.25) is 0 Å². The number of Topliss-reactive ketones (excluding diaryl/α,β-unsaturated/α-hetero) is 1. The van der Waals surface area contributed by atoms with Crippen molar-refractivity contribution in [2.45, 2.75) is 32.2 Å². The van der Waals surface area contributed by atoms with E-state index < -0.39 is 0 Å². The van der Waals surface area contributed by atoms with Crippen LogP contribution in [-0.4, -0.2) is 18.9 Å². The fourth-order valence-corrected chi connectivity index (χ4v) is 1.65. The first-order valence-electron chi connectivity index (χ1n) is 5.51. The summed E-state index contributed by atoms with van der Waals surface area (Å²) in [5.41, 5.74) is 1.21. The van der Waals surface area contributed by atoms with Crippen molar-refractivity contribution in [2.75, 3.05) is 7.05 Å². The molecule has 2 nitrogen and oxygen atoms in total. The highest BCUT2D eigenvalue weighted by Gasteiger charge is 2.15.